The van der Waals surface area contributed by atoms with E-state index in [4.69, 9.17) is 16.0 Å². The van der Waals surface area contributed by atoms with Crippen LogP contribution < -0.4 is 5.32 Å². The van der Waals surface area contributed by atoms with Crippen LogP contribution in [0.2, 0.25) is 5.22 Å². The number of rotatable bonds is 7. The summed E-state index contributed by atoms with van der Waals surface area (Å²) in [5.74, 6) is -0.167. The Morgan fingerprint density at radius 2 is 2.12 bits per heavy atom. The topological polar surface area (TPSA) is 42.2 Å². The maximum absolute atomic E-state index is 11.6. The largest absolute Gasteiger partial charge is 0.452 e. The van der Waals surface area contributed by atoms with Gasteiger partial charge in [-0.3, -0.25) is 4.79 Å². The first-order chi connectivity index (χ1) is 7.75. The Morgan fingerprint density at radius 3 is 2.75 bits per heavy atom. The van der Waals surface area contributed by atoms with Crippen molar-refractivity contribution in [2.45, 2.75) is 25.7 Å². The van der Waals surface area contributed by atoms with E-state index in [0.29, 0.717) is 12.1 Å². The van der Waals surface area contributed by atoms with E-state index in [1.165, 1.54) is 19.1 Å². The lowest BCUT2D eigenvalue weighted by atomic mass is 10.2. The summed E-state index contributed by atoms with van der Waals surface area (Å²) in [4.78, 5) is 11.6. The van der Waals surface area contributed by atoms with Crippen LogP contribution in [0.15, 0.2) is 16.7 Å². The van der Waals surface area contributed by atoms with Crippen molar-refractivity contribution in [1.82, 2.24) is 5.32 Å². The summed E-state index contributed by atoms with van der Waals surface area (Å²) >= 11 is 9.06. The van der Waals surface area contributed by atoms with Crippen LogP contribution >= 0.6 is 27.5 Å². The SMILES string of the molecule is O=C(NCCCCCCBr)c1ccoc1Cl. The standard InChI is InChI=1S/C11H15BrClNO2/c12-6-3-1-2-4-7-14-11(15)9-5-8-16-10(9)13/h5,8H,1-4,6-7H2,(H,14,15). The second kappa shape index (κ2) is 7.74. The van der Waals surface area contributed by atoms with E-state index in [9.17, 15) is 4.79 Å². The molecule has 0 spiro atoms. The zero-order valence-corrected chi connectivity index (χ0v) is 11.3. The number of unbranched alkanes of at least 4 members (excludes halogenated alkanes) is 3. The molecule has 0 aliphatic heterocycles. The van der Waals surface area contributed by atoms with Gasteiger partial charge in [0.1, 0.15) is 0 Å². The van der Waals surface area contributed by atoms with Crippen LogP contribution in [0, 0.1) is 0 Å². The fourth-order valence-electron chi connectivity index (χ4n) is 1.33. The zero-order chi connectivity index (χ0) is 11.8. The van der Waals surface area contributed by atoms with E-state index >= 15 is 0 Å². The van der Waals surface area contributed by atoms with Crippen molar-refractivity contribution < 1.29 is 9.21 Å². The Morgan fingerprint density at radius 1 is 1.38 bits per heavy atom. The van der Waals surface area contributed by atoms with Crippen LogP contribution in [0.3, 0.4) is 0 Å². The third-order valence-corrected chi connectivity index (χ3v) is 3.06. The maximum atomic E-state index is 11.6. The van der Waals surface area contributed by atoms with Gasteiger partial charge in [0.2, 0.25) is 5.22 Å². The van der Waals surface area contributed by atoms with E-state index in [1.807, 2.05) is 0 Å². The number of hydrogen-bond donors (Lipinski definition) is 1. The van der Waals surface area contributed by atoms with Gasteiger partial charge in [-0.1, -0.05) is 28.8 Å². The number of furan rings is 1. The van der Waals surface area contributed by atoms with E-state index in [-0.39, 0.29) is 11.1 Å². The molecule has 1 N–H and O–H groups in total. The average Bonchev–Trinajstić information content (AvgIpc) is 2.69. The quantitative estimate of drug-likeness (QED) is 0.617. The molecule has 1 aromatic heterocycles. The highest BCUT2D eigenvalue weighted by atomic mass is 79.9. The molecule has 1 rings (SSSR count). The van der Waals surface area contributed by atoms with Crippen molar-refractivity contribution >= 4 is 33.4 Å². The summed E-state index contributed by atoms with van der Waals surface area (Å²) in [6.07, 6.45) is 5.90. The Kier molecular flexibility index (Phi) is 6.57. The predicted octanol–water partition coefficient (Wildman–Crippen LogP) is 3.62. The predicted molar refractivity (Wildman–Crippen MR) is 68.3 cm³/mol. The van der Waals surface area contributed by atoms with Gasteiger partial charge in [0, 0.05) is 11.9 Å². The van der Waals surface area contributed by atoms with Crippen molar-refractivity contribution in [1.29, 1.82) is 0 Å². The first-order valence-corrected chi connectivity index (χ1v) is 6.83. The number of carbonyl (C=O) groups excluding carboxylic acids is 1. The van der Waals surface area contributed by atoms with E-state index in [2.05, 4.69) is 21.2 Å². The molecule has 1 amide bonds. The van der Waals surface area contributed by atoms with Gasteiger partial charge in [0.15, 0.2) is 0 Å². The minimum atomic E-state index is -0.167. The van der Waals surface area contributed by atoms with Crippen LogP contribution in [-0.2, 0) is 0 Å². The van der Waals surface area contributed by atoms with Crippen LogP contribution in [0.1, 0.15) is 36.0 Å². The smallest absolute Gasteiger partial charge is 0.256 e. The van der Waals surface area contributed by atoms with Crippen LogP contribution in [0.4, 0.5) is 0 Å². The third kappa shape index (κ3) is 4.58. The molecule has 0 fully saturated rings. The fourth-order valence-corrected chi connectivity index (χ4v) is 1.92. The summed E-state index contributed by atoms with van der Waals surface area (Å²) in [7, 11) is 0. The lowest BCUT2D eigenvalue weighted by Gasteiger charge is -2.03. The average molecular weight is 309 g/mol. The lowest BCUT2D eigenvalue weighted by Crippen LogP contribution is -2.24. The summed E-state index contributed by atoms with van der Waals surface area (Å²) < 4.78 is 4.84. The molecular formula is C11H15BrClNO2. The molecule has 16 heavy (non-hydrogen) atoms. The highest BCUT2D eigenvalue weighted by Crippen LogP contribution is 2.16. The van der Waals surface area contributed by atoms with Crippen molar-refractivity contribution in [2.24, 2.45) is 0 Å². The molecule has 0 saturated carbocycles. The summed E-state index contributed by atoms with van der Waals surface area (Å²) in [6.45, 7) is 0.683. The van der Waals surface area contributed by atoms with Crippen LogP contribution in [0.25, 0.3) is 0 Å². The normalized spacial score (nSPS) is 10.4. The first kappa shape index (κ1) is 13.6. The highest BCUT2D eigenvalue weighted by molar-refractivity contribution is 9.09. The molecule has 1 aromatic rings. The Bertz CT molecular complexity index is 328. The minimum absolute atomic E-state index is 0.150. The number of hydrogen-bond acceptors (Lipinski definition) is 2. The van der Waals surface area contributed by atoms with E-state index in [0.717, 1.165) is 18.2 Å². The number of nitrogens with one attached hydrogen (secondary N) is 1. The monoisotopic (exact) mass is 307 g/mol. The van der Waals surface area contributed by atoms with Crippen molar-refractivity contribution in [2.75, 3.05) is 11.9 Å². The molecule has 0 saturated heterocycles. The molecule has 0 aromatic carbocycles. The molecular weight excluding hydrogens is 293 g/mol. The van der Waals surface area contributed by atoms with Crippen molar-refractivity contribution in [3.63, 3.8) is 0 Å². The zero-order valence-electron chi connectivity index (χ0n) is 8.97. The summed E-state index contributed by atoms with van der Waals surface area (Å²) in [5, 5.41) is 4.00. The molecule has 90 valence electrons. The van der Waals surface area contributed by atoms with Gasteiger partial charge in [-0.15, -0.1) is 0 Å². The molecule has 5 heteroatoms. The second-order valence-corrected chi connectivity index (χ2v) is 4.60. The molecule has 0 aliphatic rings. The Labute approximate surface area is 109 Å². The summed E-state index contributed by atoms with van der Waals surface area (Å²) in [5.41, 5.74) is 0.405. The van der Waals surface area contributed by atoms with Gasteiger partial charge in [-0.05, 0) is 30.5 Å². The van der Waals surface area contributed by atoms with Crippen molar-refractivity contribution in [3.8, 4) is 0 Å². The van der Waals surface area contributed by atoms with Crippen molar-refractivity contribution in [3.05, 3.63) is 23.1 Å². The molecule has 0 radical (unpaired) electrons. The Hall–Kier alpha value is -0.480. The van der Waals surface area contributed by atoms with E-state index < -0.39 is 0 Å². The number of alkyl halides is 1. The Balaban J connectivity index is 2.14. The third-order valence-electron chi connectivity index (χ3n) is 2.21. The van der Waals surface area contributed by atoms with Crippen LogP contribution in [0.5, 0.6) is 0 Å². The molecule has 1 heterocycles. The highest BCUT2D eigenvalue weighted by Gasteiger charge is 2.11. The number of amides is 1. The fraction of sp³-hybridized carbons (Fsp3) is 0.545. The first-order valence-electron chi connectivity index (χ1n) is 5.33. The molecule has 3 nitrogen and oxygen atoms in total. The molecule has 0 bridgehead atoms. The van der Waals surface area contributed by atoms with Gasteiger partial charge in [0.05, 0.1) is 11.8 Å². The molecule has 0 aliphatic carbocycles. The number of halogens is 2. The second-order valence-electron chi connectivity index (χ2n) is 3.47. The minimum Gasteiger partial charge on any atom is -0.452 e. The van der Waals surface area contributed by atoms with Gasteiger partial charge >= 0.3 is 0 Å². The lowest BCUT2D eigenvalue weighted by molar-refractivity contribution is 0.0952. The molecule has 0 atom stereocenters. The maximum Gasteiger partial charge on any atom is 0.256 e. The van der Waals surface area contributed by atoms with Crippen LogP contribution in [-0.4, -0.2) is 17.8 Å². The van der Waals surface area contributed by atoms with Gasteiger partial charge in [-0.25, -0.2) is 0 Å². The van der Waals surface area contributed by atoms with E-state index in [1.54, 1.807) is 6.07 Å². The van der Waals surface area contributed by atoms with Gasteiger partial charge in [0.25, 0.3) is 5.91 Å². The van der Waals surface area contributed by atoms with Gasteiger partial charge in [-0.2, -0.15) is 0 Å². The molecule has 0 unspecified atom stereocenters. The number of carbonyl (C=O) groups is 1. The summed E-state index contributed by atoms with van der Waals surface area (Å²) in [6, 6.07) is 1.57. The van der Waals surface area contributed by atoms with Gasteiger partial charge < -0.3 is 9.73 Å².